The Morgan fingerprint density at radius 3 is 1.86 bits per heavy atom. The van der Waals surface area contributed by atoms with Crippen molar-refractivity contribution >= 4 is 17.3 Å². The number of phenolic OH excluding ortho intramolecular Hbond substituents is 2. The molecule has 0 amide bonds. The number of aromatic hydroxyl groups is 2. The van der Waals surface area contributed by atoms with Crippen LogP contribution in [0, 0.1) is 0 Å². The molecule has 2 aromatic carbocycles. The van der Waals surface area contributed by atoms with Crippen LogP contribution in [0.15, 0.2) is 24.3 Å². The minimum Gasteiger partial charge on any atom is -0.507 e. The summed E-state index contributed by atoms with van der Waals surface area (Å²) in [6, 6.07) is 5.77. The molecule has 0 fully saturated rings. The molecule has 2 aromatic rings. The van der Waals surface area contributed by atoms with Gasteiger partial charge in [-0.3, -0.25) is 14.4 Å². The molecule has 0 heterocycles. The smallest absolute Gasteiger partial charge is 0.198 e. The van der Waals surface area contributed by atoms with Crippen molar-refractivity contribution < 1.29 is 39.2 Å². The summed E-state index contributed by atoms with van der Waals surface area (Å²) in [7, 11) is 0. The van der Waals surface area contributed by atoms with Crippen molar-refractivity contribution in [3.05, 3.63) is 57.6 Å². The van der Waals surface area contributed by atoms with Gasteiger partial charge in [0.1, 0.15) is 29.5 Å². The molecule has 0 aliphatic heterocycles. The molecule has 7 nitrogen and oxygen atoms in total. The van der Waals surface area contributed by atoms with Crippen molar-refractivity contribution in [2.45, 2.75) is 31.2 Å². The van der Waals surface area contributed by atoms with Gasteiger partial charge < -0.3 is 20.4 Å². The number of phenols is 2. The molecule has 0 aromatic heterocycles. The monoisotopic (exact) mass is 386 g/mol. The van der Waals surface area contributed by atoms with Gasteiger partial charge in [0, 0.05) is 22.3 Å². The number of benzene rings is 2. The van der Waals surface area contributed by atoms with E-state index in [1.165, 1.54) is 24.3 Å². The average molecular weight is 386 g/mol. The van der Waals surface area contributed by atoms with E-state index >= 15 is 0 Å². The van der Waals surface area contributed by atoms with Gasteiger partial charge in [0.05, 0.1) is 17.0 Å². The number of carbonyl (C=O) groups excluding carboxylic acids is 3. The Morgan fingerprint density at radius 1 is 0.929 bits per heavy atom. The van der Waals surface area contributed by atoms with Gasteiger partial charge in [-0.25, -0.2) is 4.39 Å². The normalized spacial score (nSPS) is 25.7. The number of hydrogen-bond donors (Lipinski definition) is 4. The van der Waals surface area contributed by atoms with Gasteiger partial charge in [0.2, 0.25) is 0 Å². The van der Waals surface area contributed by atoms with Crippen LogP contribution < -0.4 is 0 Å². The predicted octanol–water partition coefficient (Wildman–Crippen LogP) is 1.29. The van der Waals surface area contributed by atoms with E-state index < -0.39 is 75.4 Å². The number of ketones is 3. The van der Waals surface area contributed by atoms with Crippen LogP contribution in [0.1, 0.15) is 61.9 Å². The maximum Gasteiger partial charge on any atom is 0.198 e. The Bertz CT molecular complexity index is 1070. The van der Waals surface area contributed by atoms with Crippen LogP contribution in [0.4, 0.5) is 4.39 Å². The second-order valence-electron chi connectivity index (χ2n) is 6.95. The van der Waals surface area contributed by atoms with Crippen molar-refractivity contribution in [2.75, 3.05) is 0 Å². The second kappa shape index (κ2) is 5.95. The zero-order valence-corrected chi connectivity index (χ0v) is 14.5. The summed E-state index contributed by atoms with van der Waals surface area (Å²) >= 11 is 0. The molecule has 28 heavy (non-hydrogen) atoms. The summed E-state index contributed by atoms with van der Waals surface area (Å²) in [5.74, 6) is -5.63. The SMILES string of the molecule is CC(=O)C1c2c(O)c3c(c(O)c2[C@@H](O)[C@H](F)[C@@H]1O)C(=O)c1ccccc1C3=O. The lowest BCUT2D eigenvalue weighted by Crippen LogP contribution is -2.42. The molecule has 4 N–H and O–H groups in total. The van der Waals surface area contributed by atoms with Crippen molar-refractivity contribution in [2.24, 2.45) is 0 Å². The minimum atomic E-state index is -2.34. The van der Waals surface area contributed by atoms with Gasteiger partial charge in [-0.2, -0.15) is 0 Å². The Labute approximate surface area is 157 Å². The maximum absolute atomic E-state index is 14.4. The van der Waals surface area contributed by atoms with Crippen molar-refractivity contribution in [3.63, 3.8) is 0 Å². The Hall–Kier alpha value is -3.10. The molecule has 0 bridgehead atoms. The lowest BCUT2D eigenvalue weighted by atomic mass is 9.71. The van der Waals surface area contributed by atoms with E-state index in [1.807, 2.05) is 0 Å². The van der Waals surface area contributed by atoms with Gasteiger partial charge in [-0.15, -0.1) is 0 Å². The van der Waals surface area contributed by atoms with Crippen LogP contribution in [0.3, 0.4) is 0 Å². The van der Waals surface area contributed by atoms with E-state index in [9.17, 15) is 39.2 Å². The van der Waals surface area contributed by atoms with Crippen LogP contribution in [0.5, 0.6) is 11.5 Å². The van der Waals surface area contributed by atoms with Crippen LogP contribution in [-0.2, 0) is 4.79 Å². The third-order valence-corrected chi connectivity index (χ3v) is 5.41. The number of aliphatic hydroxyl groups excluding tert-OH is 2. The van der Waals surface area contributed by atoms with Gasteiger partial charge >= 0.3 is 0 Å². The first-order valence-electron chi connectivity index (χ1n) is 8.49. The Morgan fingerprint density at radius 2 is 1.39 bits per heavy atom. The molecule has 2 aliphatic carbocycles. The molecule has 144 valence electrons. The molecule has 4 rings (SSSR count). The number of fused-ring (bicyclic) bond motifs is 3. The number of aliphatic hydroxyl groups is 2. The first-order valence-corrected chi connectivity index (χ1v) is 8.49. The molecule has 0 radical (unpaired) electrons. The first kappa shape index (κ1) is 18.3. The largest absolute Gasteiger partial charge is 0.507 e. The average Bonchev–Trinajstić information content (AvgIpc) is 2.66. The van der Waals surface area contributed by atoms with E-state index in [4.69, 9.17) is 0 Å². The van der Waals surface area contributed by atoms with Crippen LogP contribution in [-0.4, -0.2) is 50.1 Å². The third-order valence-electron chi connectivity index (χ3n) is 5.41. The number of halogens is 1. The fourth-order valence-electron chi connectivity index (χ4n) is 4.11. The van der Waals surface area contributed by atoms with Crippen LogP contribution in [0.25, 0.3) is 0 Å². The zero-order valence-electron chi connectivity index (χ0n) is 14.5. The van der Waals surface area contributed by atoms with E-state index in [0.717, 1.165) is 6.92 Å². The standard InChI is InChI=1S/C20H15FO7/c1-6(22)9-10-11(20(28)14(21)19(9)27)18(26)13-12(17(10)25)15(23)7-4-2-3-5-8(7)16(13)24/h2-5,9,14,19-20,25-28H,1H3/t9?,14-,19-,20-/m1/s1. The third kappa shape index (κ3) is 2.12. The summed E-state index contributed by atoms with van der Waals surface area (Å²) in [5, 5.41) is 41.8. The van der Waals surface area contributed by atoms with Gasteiger partial charge in [-0.1, -0.05) is 24.3 Å². The first-order chi connectivity index (χ1) is 13.2. The van der Waals surface area contributed by atoms with Gasteiger partial charge in [-0.05, 0) is 6.92 Å². The Kier molecular flexibility index (Phi) is 3.88. The number of Topliss-reactive ketones (excluding diaryl/α,β-unsaturated/α-hetero) is 1. The van der Waals surface area contributed by atoms with E-state index in [0.29, 0.717) is 0 Å². The summed E-state index contributed by atoms with van der Waals surface area (Å²) < 4.78 is 14.4. The van der Waals surface area contributed by atoms with E-state index in [1.54, 1.807) is 0 Å². The quantitative estimate of drug-likeness (QED) is 0.463. The fraction of sp³-hybridized carbons (Fsp3) is 0.250. The van der Waals surface area contributed by atoms with E-state index in [2.05, 4.69) is 0 Å². The minimum absolute atomic E-state index is 0.00528. The molecule has 8 heteroatoms. The molecule has 0 saturated heterocycles. The molecule has 0 spiro atoms. The highest BCUT2D eigenvalue weighted by Gasteiger charge is 2.50. The lowest BCUT2D eigenvalue weighted by Gasteiger charge is -2.37. The van der Waals surface area contributed by atoms with Crippen LogP contribution >= 0.6 is 0 Å². The van der Waals surface area contributed by atoms with Gasteiger partial charge in [0.25, 0.3) is 0 Å². The topological polar surface area (TPSA) is 132 Å². The molecular weight excluding hydrogens is 371 g/mol. The predicted molar refractivity (Wildman–Crippen MR) is 92.4 cm³/mol. The molecule has 4 atom stereocenters. The molecular formula is C20H15FO7. The summed E-state index contributed by atoms with van der Waals surface area (Å²) in [5.41, 5.74) is -2.14. The summed E-state index contributed by atoms with van der Waals surface area (Å²) in [6.45, 7) is 1.04. The van der Waals surface area contributed by atoms with Crippen molar-refractivity contribution in [3.8, 4) is 11.5 Å². The highest BCUT2D eigenvalue weighted by Crippen LogP contribution is 2.52. The van der Waals surface area contributed by atoms with Crippen molar-refractivity contribution in [1.82, 2.24) is 0 Å². The van der Waals surface area contributed by atoms with E-state index in [-0.39, 0.29) is 11.1 Å². The highest BCUT2D eigenvalue weighted by molar-refractivity contribution is 6.30. The van der Waals surface area contributed by atoms with Gasteiger partial charge in [0.15, 0.2) is 17.7 Å². The number of alkyl halides is 1. The Balaban J connectivity index is 2.12. The van der Waals surface area contributed by atoms with Crippen LogP contribution in [0.2, 0.25) is 0 Å². The fourth-order valence-corrected chi connectivity index (χ4v) is 4.11. The maximum atomic E-state index is 14.4. The summed E-state index contributed by atoms with van der Waals surface area (Å²) in [6.07, 6.45) is -6.44. The van der Waals surface area contributed by atoms with Crippen molar-refractivity contribution in [1.29, 1.82) is 0 Å². The number of rotatable bonds is 1. The number of hydrogen-bond acceptors (Lipinski definition) is 7. The molecule has 0 saturated carbocycles. The number of carbonyl (C=O) groups is 3. The highest BCUT2D eigenvalue weighted by atomic mass is 19.1. The summed E-state index contributed by atoms with van der Waals surface area (Å²) in [4.78, 5) is 37.8. The zero-order chi connectivity index (χ0) is 20.5. The second-order valence-corrected chi connectivity index (χ2v) is 6.95. The lowest BCUT2D eigenvalue weighted by molar-refractivity contribution is -0.125. The molecule has 1 unspecified atom stereocenters. The molecule has 2 aliphatic rings.